The first-order valence-electron chi connectivity index (χ1n) is 7.25. The summed E-state index contributed by atoms with van der Waals surface area (Å²) >= 11 is 1.63. The van der Waals surface area contributed by atoms with Gasteiger partial charge < -0.3 is 9.73 Å². The van der Waals surface area contributed by atoms with Crippen molar-refractivity contribution in [3.63, 3.8) is 0 Å². The SMILES string of the molecule is CCCNCc1cc(S(=O)(=O)NC(CC)CSC)c(C)o1. The minimum Gasteiger partial charge on any atom is -0.464 e. The fourth-order valence-electron chi connectivity index (χ4n) is 1.99. The Balaban J connectivity index is 2.82. The first kappa shape index (κ1) is 18.5. The smallest absolute Gasteiger partial charge is 0.244 e. The van der Waals surface area contributed by atoms with E-state index in [-0.39, 0.29) is 10.9 Å². The Hall–Kier alpha value is -0.500. The maximum Gasteiger partial charge on any atom is 0.244 e. The van der Waals surface area contributed by atoms with Gasteiger partial charge in [-0.3, -0.25) is 0 Å². The number of thioether (sulfide) groups is 1. The second-order valence-electron chi connectivity index (χ2n) is 4.99. The zero-order valence-corrected chi connectivity index (χ0v) is 14.9. The van der Waals surface area contributed by atoms with Crippen molar-refractivity contribution in [2.45, 2.75) is 51.1 Å². The lowest BCUT2D eigenvalue weighted by molar-refractivity contribution is 0.457. The van der Waals surface area contributed by atoms with Gasteiger partial charge >= 0.3 is 0 Å². The third-order valence-electron chi connectivity index (χ3n) is 3.12. The summed E-state index contributed by atoms with van der Waals surface area (Å²) in [5.41, 5.74) is 0. The first-order valence-corrected chi connectivity index (χ1v) is 10.1. The van der Waals surface area contributed by atoms with Gasteiger partial charge in [0.1, 0.15) is 16.4 Å². The molecule has 0 saturated heterocycles. The lowest BCUT2D eigenvalue weighted by Crippen LogP contribution is -2.36. The molecule has 2 N–H and O–H groups in total. The van der Waals surface area contributed by atoms with Crippen molar-refractivity contribution in [1.29, 1.82) is 0 Å². The van der Waals surface area contributed by atoms with Gasteiger partial charge in [-0.2, -0.15) is 11.8 Å². The van der Waals surface area contributed by atoms with Crippen LogP contribution >= 0.6 is 11.8 Å². The fraction of sp³-hybridized carbons (Fsp3) is 0.714. The predicted molar refractivity (Wildman–Crippen MR) is 88.2 cm³/mol. The molecule has 0 aliphatic heterocycles. The van der Waals surface area contributed by atoms with Crippen LogP contribution in [0.15, 0.2) is 15.4 Å². The molecular formula is C14H26N2O3S2. The van der Waals surface area contributed by atoms with Crippen LogP contribution in [0.4, 0.5) is 0 Å². The number of furan rings is 1. The van der Waals surface area contributed by atoms with Crippen molar-refractivity contribution in [3.05, 3.63) is 17.6 Å². The minimum atomic E-state index is -3.52. The summed E-state index contributed by atoms with van der Waals surface area (Å²) in [5.74, 6) is 1.85. The van der Waals surface area contributed by atoms with E-state index in [1.807, 2.05) is 13.2 Å². The van der Waals surface area contributed by atoms with Gasteiger partial charge in [0.05, 0.1) is 6.54 Å². The molecule has 1 atom stereocenters. The van der Waals surface area contributed by atoms with E-state index in [2.05, 4.69) is 17.0 Å². The van der Waals surface area contributed by atoms with Crippen LogP contribution in [0.3, 0.4) is 0 Å². The molecule has 122 valence electrons. The van der Waals surface area contributed by atoms with Crippen LogP contribution in [0.1, 0.15) is 38.2 Å². The van der Waals surface area contributed by atoms with Gasteiger partial charge in [-0.1, -0.05) is 13.8 Å². The molecule has 1 rings (SSSR count). The van der Waals surface area contributed by atoms with Gasteiger partial charge in [-0.05, 0) is 32.6 Å². The zero-order valence-electron chi connectivity index (χ0n) is 13.2. The highest BCUT2D eigenvalue weighted by molar-refractivity contribution is 7.98. The van der Waals surface area contributed by atoms with Gasteiger partial charge in [0.2, 0.25) is 10.0 Å². The molecule has 0 bridgehead atoms. The molecule has 0 aliphatic rings. The van der Waals surface area contributed by atoms with Gasteiger partial charge in [0.15, 0.2) is 0 Å². The predicted octanol–water partition coefficient (Wildman–Crippen LogP) is 2.51. The second-order valence-corrected chi connectivity index (χ2v) is 7.58. The maximum absolute atomic E-state index is 12.4. The zero-order chi connectivity index (χ0) is 15.9. The Morgan fingerprint density at radius 1 is 1.38 bits per heavy atom. The molecule has 0 radical (unpaired) electrons. The van der Waals surface area contributed by atoms with Crippen molar-refractivity contribution in [1.82, 2.24) is 10.0 Å². The molecule has 0 aromatic carbocycles. The number of sulfonamides is 1. The maximum atomic E-state index is 12.4. The van der Waals surface area contributed by atoms with Crippen molar-refractivity contribution < 1.29 is 12.8 Å². The van der Waals surface area contributed by atoms with Crippen molar-refractivity contribution in [2.75, 3.05) is 18.6 Å². The van der Waals surface area contributed by atoms with Gasteiger partial charge in [0, 0.05) is 17.9 Å². The topological polar surface area (TPSA) is 71.3 Å². The number of nitrogens with one attached hydrogen (secondary N) is 2. The summed E-state index contributed by atoms with van der Waals surface area (Å²) in [4.78, 5) is 0.246. The third kappa shape index (κ3) is 5.65. The van der Waals surface area contributed by atoms with Crippen molar-refractivity contribution in [3.8, 4) is 0 Å². The largest absolute Gasteiger partial charge is 0.464 e. The Kier molecular flexibility index (Phi) is 7.79. The lowest BCUT2D eigenvalue weighted by atomic mass is 10.3. The molecule has 0 fully saturated rings. The summed E-state index contributed by atoms with van der Waals surface area (Å²) in [6.45, 7) is 7.17. The highest BCUT2D eigenvalue weighted by atomic mass is 32.2. The molecule has 1 heterocycles. The van der Waals surface area contributed by atoms with E-state index < -0.39 is 10.0 Å². The van der Waals surface area contributed by atoms with Crippen LogP contribution in [0.25, 0.3) is 0 Å². The molecule has 0 aliphatic carbocycles. The van der Waals surface area contributed by atoms with Crippen LogP contribution in [0, 0.1) is 6.92 Å². The summed E-state index contributed by atoms with van der Waals surface area (Å²) < 4.78 is 33.2. The molecule has 1 aromatic heterocycles. The van der Waals surface area contributed by atoms with E-state index in [0.717, 1.165) is 25.1 Å². The highest BCUT2D eigenvalue weighted by Crippen LogP contribution is 2.20. The normalized spacial score (nSPS) is 13.5. The number of hydrogen-bond donors (Lipinski definition) is 2. The standard InChI is InChI=1S/C14H26N2O3S2/c1-5-7-15-9-13-8-14(11(3)19-13)21(17,18)16-12(6-2)10-20-4/h8,12,15-16H,5-7,9-10H2,1-4H3. The Morgan fingerprint density at radius 2 is 2.10 bits per heavy atom. The van der Waals surface area contributed by atoms with Crippen LogP contribution < -0.4 is 10.0 Å². The Morgan fingerprint density at radius 3 is 2.67 bits per heavy atom. The van der Waals surface area contributed by atoms with Crippen LogP contribution in [-0.2, 0) is 16.6 Å². The highest BCUT2D eigenvalue weighted by Gasteiger charge is 2.24. The first-order chi connectivity index (χ1) is 9.94. The summed E-state index contributed by atoms with van der Waals surface area (Å²) in [6, 6.07) is 1.56. The van der Waals surface area contributed by atoms with Gasteiger partial charge in [0.25, 0.3) is 0 Å². The molecule has 0 saturated carbocycles. The third-order valence-corrected chi connectivity index (χ3v) is 5.48. The van der Waals surface area contributed by atoms with Crippen molar-refractivity contribution >= 4 is 21.8 Å². The molecule has 1 aromatic rings. The van der Waals surface area contributed by atoms with Crippen molar-refractivity contribution in [2.24, 2.45) is 0 Å². The van der Waals surface area contributed by atoms with Gasteiger partial charge in [-0.15, -0.1) is 0 Å². The molecule has 7 heteroatoms. The number of rotatable bonds is 10. The van der Waals surface area contributed by atoms with Crippen LogP contribution in [0.2, 0.25) is 0 Å². The Labute approximate surface area is 132 Å². The molecule has 0 spiro atoms. The summed E-state index contributed by atoms with van der Waals surface area (Å²) in [5, 5.41) is 3.20. The fourth-order valence-corrected chi connectivity index (χ4v) is 4.34. The average Bonchev–Trinajstić information content (AvgIpc) is 2.80. The van der Waals surface area contributed by atoms with E-state index in [1.54, 1.807) is 24.8 Å². The number of hydrogen-bond acceptors (Lipinski definition) is 5. The minimum absolute atomic E-state index is 0.0547. The van der Waals surface area contributed by atoms with E-state index in [9.17, 15) is 8.42 Å². The van der Waals surface area contributed by atoms with Gasteiger partial charge in [-0.25, -0.2) is 13.1 Å². The summed E-state index contributed by atoms with van der Waals surface area (Å²) in [6.07, 6.45) is 3.76. The van der Waals surface area contributed by atoms with E-state index in [4.69, 9.17) is 4.42 Å². The molecule has 5 nitrogen and oxygen atoms in total. The summed E-state index contributed by atoms with van der Waals surface area (Å²) in [7, 11) is -3.52. The van der Waals surface area contributed by atoms with E-state index in [1.165, 1.54) is 0 Å². The molecule has 0 amide bonds. The van der Waals surface area contributed by atoms with Crippen LogP contribution in [0.5, 0.6) is 0 Å². The lowest BCUT2D eigenvalue weighted by Gasteiger charge is -2.15. The second kappa shape index (κ2) is 8.82. The Bertz CT molecular complexity index is 526. The monoisotopic (exact) mass is 334 g/mol. The molecule has 21 heavy (non-hydrogen) atoms. The quantitative estimate of drug-likeness (QED) is 0.643. The van der Waals surface area contributed by atoms with E-state index >= 15 is 0 Å². The van der Waals surface area contributed by atoms with E-state index in [0.29, 0.717) is 18.1 Å². The number of aryl methyl sites for hydroxylation is 1. The molecule has 1 unspecified atom stereocenters. The molecular weight excluding hydrogens is 308 g/mol. The van der Waals surface area contributed by atoms with Crippen LogP contribution in [-0.4, -0.2) is 33.0 Å². The average molecular weight is 335 g/mol.